The van der Waals surface area contributed by atoms with Gasteiger partial charge in [0.15, 0.2) is 11.6 Å². The van der Waals surface area contributed by atoms with Gasteiger partial charge in [0.1, 0.15) is 0 Å². The Morgan fingerprint density at radius 2 is 1.89 bits per heavy atom. The highest BCUT2D eigenvalue weighted by Crippen LogP contribution is 2.74. The van der Waals surface area contributed by atoms with Crippen molar-refractivity contribution in [3.05, 3.63) is 30.3 Å². The van der Waals surface area contributed by atoms with Crippen molar-refractivity contribution in [2.75, 3.05) is 5.73 Å². The second-order valence-corrected chi connectivity index (χ2v) is 6.43. The Balaban J connectivity index is 2.12. The van der Waals surface area contributed by atoms with E-state index in [9.17, 15) is 0 Å². The first-order valence-corrected chi connectivity index (χ1v) is 6.53. The molecule has 0 amide bonds. The van der Waals surface area contributed by atoms with Gasteiger partial charge in [-0.3, -0.25) is 4.98 Å². The maximum absolute atomic E-state index is 5.98. The van der Waals surface area contributed by atoms with Gasteiger partial charge in [-0.15, -0.1) is 0 Å². The summed E-state index contributed by atoms with van der Waals surface area (Å²) in [6, 6.07) is 3.89. The molecule has 0 radical (unpaired) electrons. The number of hydrogen-bond acceptors (Lipinski definition) is 4. The van der Waals surface area contributed by atoms with Crippen molar-refractivity contribution in [3.63, 3.8) is 0 Å². The van der Waals surface area contributed by atoms with E-state index in [-0.39, 0.29) is 10.8 Å². The lowest BCUT2D eigenvalue weighted by Crippen LogP contribution is -1.95. The number of anilines is 1. The molecule has 2 heterocycles. The number of pyridine rings is 1. The van der Waals surface area contributed by atoms with Crippen LogP contribution in [-0.4, -0.2) is 10.1 Å². The minimum absolute atomic E-state index is 0.190. The van der Waals surface area contributed by atoms with Gasteiger partial charge in [-0.05, 0) is 16.9 Å². The summed E-state index contributed by atoms with van der Waals surface area (Å²) in [7, 11) is 0. The van der Waals surface area contributed by atoms with Gasteiger partial charge >= 0.3 is 0 Å². The average Bonchev–Trinajstić information content (AvgIpc) is 2.64. The SMILES string of the molecule is CC1(C)C(c2onc(N)c2-c2cccnc2)C1(C)C. The molecule has 2 aromatic rings. The third-order valence-electron chi connectivity index (χ3n) is 4.98. The molecule has 0 atom stereocenters. The summed E-state index contributed by atoms with van der Waals surface area (Å²) in [6.07, 6.45) is 3.55. The Morgan fingerprint density at radius 3 is 2.42 bits per heavy atom. The van der Waals surface area contributed by atoms with Crippen molar-refractivity contribution >= 4 is 5.82 Å². The van der Waals surface area contributed by atoms with Crippen LogP contribution in [0.15, 0.2) is 29.0 Å². The molecule has 0 spiro atoms. The smallest absolute Gasteiger partial charge is 0.175 e. The third-order valence-corrected chi connectivity index (χ3v) is 4.98. The van der Waals surface area contributed by atoms with E-state index in [1.165, 1.54) is 0 Å². The van der Waals surface area contributed by atoms with Gasteiger partial charge in [0.2, 0.25) is 0 Å². The molecule has 100 valence electrons. The number of nitrogen functional groups attached to an aromatic ring is 1. The van der Waals surface area contributed by atoms with Gasteiger partial charge in [-0.1, -0.05) is 38.9 Å². The summed E-state index contributed by atoms with van der Waals surface area (Å²) in [4.78, 5) is 4.15. The minimum atomic E-state index is 0.190. The lowest BCUT2D eigenvalue weighted by atomic mass is 10.0. The number of aromatic nitrogens is 2. The molecule has 4 heteroatoms. The summed E-state index contributed by atoms with van der Waals surface area (Å²) in [5.74, 6) is 1.67. The highest BCUT2D eigenvalue weighted by Gasteiger charge is 2.67. The van der Waals surface area contributed by atoms with Crippen LogP contribution in [-0.2, 0) is 0 Å². The molecular formula is C15H19N3O. The van der Waals surface area contributed by atoms with Crippen molar-refractivity contribution < 1.29 is 4.52 Å². The van der Waals surface area contributed by atoms with Gasteiger partial charge in [-0.25, -0.2) is 0 Å². The van der Waals surface area contributed by atoms with E-state index in [1.807, 2.05) is 12.1 Å². The van der Waals surface area contributed by atoms with E-state index in [4.69, 9.17) is 10.3 Å². The largest absolute Gasteiger partial charge is 0.380 e. The normalized spacial score (nSPS) is 20.4. The summed E-state index contributed by atoms with van der Waals surface area (Å²) in [5.41, 5.74) is 8.23. The van der Waals surface area contributed by atoms with Gasteiger partial charge in [0, 0.05) is 23.9 Å². The van der Waals surface area contributed by atoms with Crippen LogP contribution in [0.3, 0.4) is 0 Å². The summed E-state index contributed by atoms with van der Waals surface area (Å²) >= 11 is 0. The highest BCUT2D eigenvalue weighted by atomic mass is 16.5. The average molecular weight is 257 g/mol. The van der Waals surface area contributed by atoms with Crippen molar-refractivity contribution in [3.8, 4) is 11.1 Å². The molecule has 1 aliphatic rings. The lowest BCUT2D eigenvalue weighted by molar-refractivity contribution is 0.374. The van der Waals surface area contributed by atoms with Crippen LogP contribution >= 0.6 is 0 Å². The van der Waals surface area contributed by atoms with Crippen LogP contribution in [0.1, 0.15) is 39.4 Å². The van der Waals surface area contributed by atoms with Crippen molar-refractivity contribution in [2.24, 2.45) is 10.8 Å². The first-order chi connectivity index (χ1) is 8.87. The molecule has 0 aliphatic heterocycles. The highest BCUT2D eigenvalue weighted by molar-refractivity contribution is 5.76. The molecule has 1 aliphatic carbocycles. The third kappa shape index (κ3) is 1.52. The minimum Gasteiger partial charge on any atom is -0.380 e. The van der Waals surface area contributed by atoms with Crippen LogP contribution in [0.2, 0.25) is 0 Å². The van der Waals surface area contributed by atoms with E-state index < -0.39 is 0 Å². The fourth-order valence-corrected chi connectivity index (χ4v) is 3.17. The molecule has 0 aromatic carbocycles. The number of nitrogens with two attached hydrogens (primary N) is 1. The summed E-state index contributed by atoms with van der Waals surface area (Å²) < 4.78 is 5.54. The molecule has 19 heavy (non-hydrogen) atoms. The Kier molecular flexibility index (Phi) is 2.31. The first kappa shape index (κ1) is 12.2. The first-order valence-electron chi connectivity index (χ1n) is 6.53. The van der Waals surface area contributed by atoms with Gasteiger partial charge in [0.25, 0.3) is 0 Å². The Bertz CT molecular complexity index is 600. The molecule has 0 saturated heterocycles. The number of rotatable bonds is 2. The summed E-state index contributed by atoms with van der Waals surface area (Å²) in [6.45, 7) is 9.01. The monoisotopic (exact) mass is 257 g/mol. The van der Waals surface area contributed by atoms with E-state index >= 15 is 0 Å². The number of hydrogen-bond donors (Lipinski definition) is 1. The topological polar surface area (TPSA) is 64.9 Å². The van der Waals surface area contributed by atoms with E-state index in [0.717, 1.165) is 16.9 Å². The van der Waals surface area contributed by atoms with Crippen LogP contribution in [0.5, 0.6) is 0 Å². The van der Waals surface area contributed by atoms with E-state index in [2.05, 4.69) is 37.8 Å². The zero-order chi connectivity index (χ0) is 13.8. The van der Waals surface area contributed by atoms with Gasteiger partial charge in [-0.2, -0.15) is 0 Å². The summed E-state index contributed by atoms with van der Waals surface area (Å²) in [5, 5.41) is 3.96. The molecule has 1 saturated carbocycles. The zero-order valence-corrected chi connectivity index (χ0v) is 11.8. The van der Waals surface area contributed by atoms with Crippen LogP contribution < -0.4 is 5.73 Å². The molecule has 2 aromatic heterocycles. The molecular weight excluding hydrogens is 238 g/mol. The molecule has 2 N–H and O–H groups in total. The lowest BCUT2D eigenvalue weighted by Gasteiger charge is -2.03. The fourth-order valence-electron chi connectivity index (χ4n) is 3.17. The fraction of sp³-hybridized carbons (Fsp3) is 0.467. The van der Waals surface area contributed by atoms with Crippen LogP contribution in [0.4, 0.5) is 5.82 Å². The Hall–Kier alpha value is -1.84. The zero-order valence-electron chi connectivity index (χ0n) is 11.8. The van der Waals surface area contributed by atoms with Crippen molar-refractivity contribution in [2.45, 2.75) is 33.6 Å². The maximum Gasteiger partial charge on any atom is 0.175 e. The van der Waals surface area contributed by atoms with Gasteiger partial charge < -0.3 is 10.3 Å². The van der Waals surface area contributed by atoms with Gasteiger partial charge in [0.05, 0.1) is 5.56 Å². The second kappa shape index (κ2) is 3.59. The predicted octanol–water partition coefficient (Wildman–Crippen LogP) is 3.47. The van der Waals surface area contributed by atoms with E-state index in [0.29, 0.717) is 11.7 Å². The Morgan fingerprint density at radius 1 is 1.21 bits per heavy atom. The quantitative estimate of drug-likeness (QED) is 0.894. The van der Waals surface area contributed by atoms with Crippen LogP contribution in [0.25, 0.3) is 11.1 Å². The second-order valence-electron chi connectivity index (χ2n) is 6.43. The van der Waals surface area contributed by atoms with Crippen molar-refractivity contribution in [1.29, 1.82) is 0 Å². The molecule has 0 unspecified atom stereocenters. The molecule has 0 bridgehead atoms. The van der Waals surface area contributed by atoms with E-state index in [1.54, 1.807) is 12.4 Å². The maximum atomic E-state index is 5.98. The molecule has 1 fully saturated rings. The number of nitrogens with zero attached hydrogens (tertiary/aromatic N) is 2. The standard InChI is InChI=1S/C15H19N3O/c1-14(2)12(15(14,3)4)11-10(13(16)18-19-11)9-6-5-7-17-8-9/h5-8,12H,1-4H3,(H2,16,18). The molecule has 3 rings (SSSR count). The predicted molar refractivity (Wildman–Crippen MR) is 74.4 cm³/mol. The van der Waals surface area contributed by atoms with Crippen molar-refractivity contribution in [1.82, 2.24) is 10.1 Å². The molecule has 4 nitrogen and oxygen atoms in total. The Labute approximate surface area is 113 Å². The van der Waals surface area contributed by atoms with Crippen LogP contribution in [0, 0.1) is 10.8 Å².